The Bertz CT molecular complexity index is 796. The van der Waals surface area contributed by atoms with Crippen LogP contribution in [0.1, 0.15) is 24.4 Å². The zero-order chi connectivity index (χ0) is 16.4. The minimum absolute atomic E-state index is 0.0241. The number of rotatable bonds is 4. The van der Waals surface area contributed by atoms with Crippen LogP contribution in [0.15, 0.2) is 47.6 Å². The van der Waals surface area contributed by atoms with Gasteiger partial charge in [0.05, 0.1) is 18.0 Å². The Morgan fingerprint density at radius 1 is 1.26 bits per heavy atom. The predicted molar refractivity (Wildman–Crippen MR) is 83.1 cm³/mol. The van der Waals surface area contributed by atoms with Crippen LogP contribution >= 0.6 is 0 Å². The van der Waals surface area contributed by atoms with Crippen molar-refractivity contribution < 1.29 is 17.5 Å². The van der Waals surface area contributed by atoms with Crippen molar-refractivity contribution in [2.24, 2.45) is 0 Å². The van der Waals surface area contributed by atoms with Gasteiger partial charge >= 0.3 is 0 Å². The Morgan fingerprint density at radius 3 is 2.65 bits per heavy atom. The highest BCUT2D eigenvalue weighted by molar-refractivity contribution is 7.89. The van der Waals surface area contributed by atoms with Crippen molar-refractivity contribution >= 4 is 10.0 Å². The van der Waals surface area contributed by atoms with Gasteiger partial charge in [-0.25, -0.2) is 12.8 Å². The Labute approximate surface area is 134 Å². The van der Waals surface area contributed by atoms with Gasteiger partial charge < -0.3 is 4.74 Å². The van der Waals surface area contributed by atoms with Gasteiger partial charge in [0, 0.05) is 18.9 Å². The normalized spacial score (nSPS) is 19.0. The summed E-state index contributed by atoms with van der Waals surface area (Å²) in [5.74, 6) is -0.663. The molecule has 1 fully saturated rings. The molecule has 0 spiro atoms. The quantitative estimate of drug-likeness (QED) is 0.861. The fourth-order valence-electron chi connectivity index (χ4n) is 2.89. The van der Waals surface area contributed by atoms with Gasteiger partial charge in [0.2, 0.25) is 10.0 Å². The SMILES string of the molecule is COc1ccc(S(=O)(=O)N2CCC[C@@H]2c2ccncc2)cc1F. The number of sulfonamides is 1. The van der Waals surface area contributed by atoms with Crippen molar-refractivity contribution in [1.82, 2.24) is 9.29 Å². The molecule has 0 N–H and O–H groups in total. The first kappa shape index (κ1) is 15.9. The van der Waals surface area contributed by atoms with Crippen LogP contribution < -0.4 is 4.74 Å². The van der Waals surface area contributed by atoms with E-state index in [0.717, 1.165) is 24.5 Å². The van der Waals surface area contributed by atoms with Crippen molar-refractivity contribution in [3.8, 4) is 5.75 Å². The van der Waals surface area contributed by atoms with Gasteiger partial charge in [-0.15, -0.1) is 0 Å². The summed E-state index contributed by atoms with van der Waals surface area (Å²) >= 11 is 0. The molecule has 1 atom stereocenters. The van der Waals surface area contributed by atoms with Crippen molar-refractivity contribution in [1.29, 1.82) is 0 Å². The summed E-state index contributed by atoms with van der Waals surface area (Å²) in [6, 6.07) is 7.10. The zero-order valence-corrected chi connectivity index (χ0v) is 13.5. The van der Waals surface area contributed by atoms with E-state index in [1.54, 1.807) is 12.4 Å². The highest BCUT2D eigenvalue weighted by Crippen LogP contribution is 2.36. The highest BCUT2D eigenvalue weighted by atomic mass is 32.2. The van der Waals surface area contributed by atoms with Crippen LogP contribution in [0.3, 0.4) is 0 Å². The summed E-state index contributed by atoms with van der Waals surface area (Å²) in [6.45, 7) is 0.420. The van der Waals surface area contributed by atoms with E-state index in [1.165, 1.54) is 23.5 Å². The van der Waals surface area contributed by atoms with Crippen LogP contribution in [0, 0.1) is 5.82 Å². The molecule has 1 saturated heterocycles. The molecule has 5 nitrogen and oxygen atoms in total. The number of hydrogen-bond donors (Lipinski definition) is 0. The molecule has 0 amide bonds. The third kappa shape index (κ3) is 2.94. The van der Waals surface area contributed by atoms with Gasteiger partial charge in [0.1, 0.15) is 0 Å². The van der Waals surface area contributed by atoms with Crippen LogP contribution in [0.5, 0.6) is 5.75 Å². The monoisotopic (exact) mass is 336 g/mol. The van der Waals surface area contributed by atoms with E-state index in [9.17, 15) is 12.8 Å². The lowest BCUT2D eigenvalue weighted by Crippen LogP contribution is -2.30. The van der Waals surface area contributed by atoms with Gasteiger partial charge in [-0.1, -0.05) is 0 Å². The number of hydrogen-bond acceptors (Lipinski definition) is 4. The minimum atomic E-state index is -3.77. The Balaban J connectivity index is 1.97. The lowest BCUT2D eigenvalue weighted by molar-refractivity contribution is 0.383. The summed E-state index contributed by atoms with van der Waals surface area (Å²) in [6.07, 6.45) is 4.80. The van der Waals surface area contributed by atoms with Crippen molar-refractivity contribution in [3.63, 3.8) is 0 Å². The van der Waals surface area contributed by atoms with Crippen LogP contribution in [-0.2, 0) is 10.0 Å². The predicted octanol–water partition coefficient (Wildman–Crippen LogP) is 2.76. The van der Waals surface area contributed by atoms with E-state index in [0.29, 0.717) is 6.54 Å². The van der Waals surface area contributed by atoms with Crippen LogP contribution in [-0.4, -0.2) is 31.4 Å². The Morgan fingerprint density at radius 2 is 2.00 bits per heavy atom. The van der Waals surface area contributed by atoms with E-state index in [4.69, 9.17) is 4.74 Å². The van der Waals surface area contributed by atoms with Crippen LogP contribution in [0.2, 0.25) is 0 Å². The van der Waals surface area contributed by atoms with E-state index < -0.39 is 15.8 Å². The smallest absolute Gasteiger partial charge is 0.243 e. The van der Waals surface area contributed by atoms with E-state index in [-0.39, 0.29) is 16.7 Å². The van der Waals surface area contributed by atoms with Crippen LogP contribution in [0.25, 0.3) is 0 Å². The molecule has 0 radical (unpaired) electrons. The third-order valence-corrected chi connectivity index (χ3v) is 5.93. The number of pyridine rings is 1. The zero-order valence-electron chi connectivity index (χ0n) is 12.6. The second-order valence-corrected chi connectivity index (χ2v) is 7.24. The molecular weight excluding hydrogens is 319 g/mol. The second kappa shape index (κ2) is 6.25. The van der Waals surface area contributed by atoms with Gasteiger partial charge in [-0.05, 0) is 48.7 Å². The lowest BCUT2D eigenvalue weighted by Gasteiger charge is -2.24. The first-order valence-corrected chi connectivity index (χ1v) is 8.73. The first-order chi connectivity index (χ1) is 11.0. The Hall–Kier alpha value is -1.99. The number of halogens is 1. The maximum absolute atomic E-state index is 13.9. The molecule has 0 unspecified atom stereocenters. The number of aromatic nitrogens is 1. The first-order valence-electron chi connectivity index (χ1n) is 7.29. The maximum Gasteiger partial charge on any atom is 0.243 e. The maximum atomic E-state index is 13.9. The Kier molecular flexibility index (Phi) is 4.32. The molecule has 1 aromatic carbocycles. The molecule has 0 aliphatic carbocycles. The van der Waals surface area contributed by atoms with Crippen LogP contribution in [0.4, 0.5) is 4.39 Å². The highest BCUT2D eigenvalue weighted by Gasteiger charge is 2.36. The molecule has 2 heterocycles. The summed E-state index contributed by atoms with van der Waals surface area (Å²) in [4.78, 5) is 3.90. The molecular formula is C16H17FN2O3S. The number of nitrogens with zero attached hydrogens (tertiary/aromatic N) is 2. The fourth-order valence-corrected chi connectivity index (χ4v) is 4.58. The van der Waals surface area contributed by atoms with E-state index in [2.05, 4.69) is 4.98 Å². The molecule has 1 aliphatic rings. The molecule has 2 aromatic rings. The summed E-state index contributed by atoms with van der Waals surface area (Å²) < 4.78 is 45.9. The standard InChI is InChI=1S/C16H17FN2O3S/c1-22-16-5-4-13(11-14(16)17)23(20,21)19-10-2-3-15(19)12-6-8-18-9-7-12/h4-9,11,15H,2-3,10H2,1H3/t15-/m1/s1. The number of methoxy groups -OCH3 is 1. The largest absolute Gasteiger partial charge is 0.494 e. The number of ether oxygens (including phenoxy) is 1. The molecule has 1 aromatic heterocycles. The third-order valence-electron chi connectivity index (χ3n) is 4.02. The molecule has 1 aliphatic heterocycles. The number of benzene rings is 1. The van der Waals surface area contributed by atoms with Crippen molar-refractivity contribution in [2.75, 3.05) is 13.7 Å². The van der Waals surface area contributed by atoms with Gasteiger partial charge in [-0.3, -0.25) is 4.98 Å². The molecule has 0 bridgehead atoms. The summed E-state index contributed by atoms with van der Waals surface area (Å²) in [5, 5.41) is 0. The van der Waals surface area contributed by atoms with Crippen molar-refractivity contribution in [3.05, 3.63) is 54.1 Å². The molecule has 23 heavy (non-hydrogen) atoms. The minimum Gasteiger partial charge on any atom is -0.494 e. The average molecular weight is 336 g/mol. The van der Waals surface area contributed by atoms with Gasteiger partial charge in [0.25, 0.3) is 0 Å². The van der Waals surface area contributed by atoms with Crippen molar-refractivity contribution in [2.45, 2.75) is 23.8 Å². The average Bonchev–Trinajstić information content (AvgIpc) is 3.06. The fraction of sp³-hybridized carbons (Fsp3) is 0.312. The summed E-state index contributed by atoms with van der Waals surface area (Å²) in [7, 11) is -2.43. The van der Waals surface area contributed by atoms with E-state index in [1.807, 2.05) is 12.1 Å². The molecule has 122 valence electrons. The molecule has 0 saturated carbocycles. The lowest BCUT2D eigenvalue weighted by atomic mass is 10.1. The van der Waals surface area contributed by atoms with Gasteiger partial charge in [-0.2, -0.15) is 4.31 Å². The van der Waals surface area contributed by atoms with E-state index >= 15 is 0 Å². The molecule has 3 rings (SSSR count). The second-order valence-electron chi connectivity index (χ2n) is 5.35. The van der Waals surface area contributed by atoms with Gasteiger partial charge in [0.15, 0.2) is 11.6 Å². The summed E-state index contributed by atoms with van der Waals surface area (Å²) in [5.41, 5.74) is 0.898. The topological polar surface area (TPSA) is 59.5 Å². The molecule has 7 heteroatoms.